The molecule has 0 aliphatic carbocycles. The number of carbonyl (C=O) groups excluding carboxylic acids is 1. The quantitative estimate of drug-likeness (QED) is 0.796. The van der Waals surface area contributed by atoms with Gasteiger partial charge in [0.25, 0.3) is 0 Å². The summed E-state index contributed by atoms with van der Waals surface area (Å²) < 4.78 is 7.17. The SMILES string of the molecule is CCc1cc(CC(=O)C2CCCOC2)n(C)n1. The number of ketones is 1. The minimum Gasteiger partial charge on any atom is -0.381 e. The van der Waals surface area contributed by atoms with E-state index in [0.29, 0.717) is 13.0 Å². The van der Waals surface area contributed by atoms with Crippen LogP contribution in [0.5, 0.6) is 0 Å². The molecule has 2 heterocycles. The monoisotopic (exact) mass is 236 g/mol. The third-order valence-corrected chi connectivity index (χ3v) is 3.36. The van der Waals surface area contributed by atoms with E-state index in [-0.39, 0.29) is 11.7 Å². The van der Waals surface area contributed by atoms with Crippen LogP contribution in [-0.4, -0.2) is 28.8 Å². The molecule has 1 saturated heterocycles. The molecule has 0 bridgehead atoms. The molecule has 17 heavy (non-hydrogen) atoms. The first kappa shape index (κ1) is 12.3. The number of nitrogens with zero attached hydrogens (tertiary/aromatic N) is 2. The fourth-order valence-corrected chi connectivity index (χ4v) is 2.23. The Bertz CT molecular complexity index is 392. The summed E-state index contributed by atoms with van der Waals surface area (Å²) in [5.74, 6) is 0.374. The van der Waals surface area contributed by atoms with Gasteiger partial charge in [0.2, 0.25) is 0 Å². The standard InChI is InChI=1S/C13H20N2O2/c1-3-11-7-12(15(2)14-11)8-13(16)10-5-4-6-17-9-10/h7,10H,3-6,8-9H2,1-2H3. The van der Waals surface area contributed by atoms with Gasteiger partial charge >= 0.3 is 0 Å². The lowest BCUT2D eigenvalue weighted by Crippen LogP contribution is -2.27. The minimum atomic E-state index is 0.0868. The van der Waals surface area contributed by atoms with Crippen molar-refractivity contribution >= 4 is 5.78 Å². The zero-order valence-corrected chi connectivity index (χ0v) is 10.6. The van der Waals surface area contributed by atoms with Gasteiger partial charge in [0, 0.05) is 31.7 Å². The number of hydrogen-bond donors (Lipinski definition) is 0. The molecule has 94 valence electrons. The fourth-order valence-electron chi connectivity index (χ4n) is 2.23. The molecule has 1 aliphatic heterocycles. The van der Waals surface area contributed by atoms with E-state index >= 15 is 0 Å². The first-order valence-corrected chi connectivity index (χ1v) is 6.33. The second-order valence-electron chi connectivity index (χ2n) is 4.66. The molecule has 4 nitrogen and oxygen atoms in total. The highest BCUT2D eigenvalue weighted by Gasteiger charge is 2.22. The summed E-state index contributed by atoms with van der Waals surface area (Å²) >= 11 is 0. The van der Waals surface area contributed by atoms with Crippen molar-refractivity contribution < 1.29 is 9.53 Å². The summed E-state index contributed by atoms with van der Waals surface area (Å²) in [6, 6.07) is 2.03. The Labute approximate surface area is 102 Å². The average molecular weight is 236 g/mol. The number of aromatic nitrogens is 2. The number of carbonyl (C=O) groups is 1. The van der Waals surface area contributed by atoms with Gasteiger partial charge in [-0.25, -0.2) is 0 Å². The molecule has 1 atom stereocenters. The molecule has 0 saturated carbocycles. The summed E-state index contributed by atoms with van der Waals surface area (Å²) in [4.78, 5) is 12.1. The van der Waals surface area contributed by atoms with Gasteiger partial charge in [-0.15, -0.1) is 0 Å². The van der Waals surface area contributed by atoms with E-state index in [9.17, 15) is 4.79 Å². The van der Waals surface area contributed by atoms with Crippen LogP contribution >= 0.6 is 0 Å². The fraction of sp³-hybridized carbons (Fsp3) is 0.692. The number of aryl methyl sites for hydroxylation is 2. The molecule has 1 aromatic heterocycles. The van der Waals surface area contributed by atoms with E-state index in [0.717, 1.165) is 37.3 Å². The van der Waals surface area contributed by atoms with Gasteiger partial charge in [-0.2, -0.15) is 5.10 Å². The molecular formula is C13H20N2O2. The van der Waals surface area contributed by atoms with E-state index < -0.39 is 0 Å². The Hall–Kier alpha value is -1.16. The largest absolute Gasteiger partial charge is 0.381 e. The van der Waals surface area contributed by atoms with Crippen LogP contribution in [0.25, 0.3) is 0 Å². The second-order valence-corrected chi connectivity index (χ2v) is 4.66. The predicted molar refractivity (Wildman–Crippen MR) is 64.8 cm³/mol. The lowest BCUT2D eigenvalue weighted by atomic mass is 9.94. The van der Waals surface area contributed by atoms with Crippen molar-refractivity contribution in [3.05, 3.63) is 17.5 Å². The highest BCUT2D eigenvalue weighted by molar-refractivity contribution is 5.83. The van der Waals surface area contributed by atoms with Crippen molar-refractivity contribution in [2.75, 3.05) is 13.2 Å². The lowest BCUT2D eigenvalue weighted by molar-refractivity contribution is -0.126. The van der Waals surface area contributed by atoms with Crippen molar-refractivity contribution in [1.29, 1.82) is 0 Å². The minimum absolute atomic E-state index is 0.0868. The molecule has 0 radical (unpaired) electrons. The Morgan fingerprint density at radius 3 is 3.06 bits per heavy atom. The van der Waals surface area contributed by atoms with Crippen LogP contribution in [0, 0.1) is 5.92 Å². The molecule has 0 aromatic carbocycles. The van der Waals surface area contributed by atoms with Gasteiger partial charge in [0.15, 0.2) is 0 Å². The number of Topliss-reactive ketones (excluding diaryl/α,β-unsaturated/α-hetero) is 1. The van der Waals surface area contributed by atoms with E-state index in [1.807, 2.05) is 17.8 Å². The first-order chi connectivity index (χ1) is 8.20. The van der Waals surface area contributed by atoms with Crippen molar-refractivity contribution in [1.82, 2.24) is 9.78 Å². The third kappa shape index (κ3) is 2.94. The van der Waals surface area contributed by atoms with E-state index in [4.69, 9.17) is 4.74 Å². The summed E-state index contributed by atoms with van der Waals surface area (Å²) in [5.41, 5.74) is 2.06. The normalized spacial score (nSPS) is 20.5. The highest BCUT2D eigenvalue weighted by atomic mass is 16.5. The van der Waals surface area contributed by atoms with Gasteiger partial charge in [-0.3, -0.25) is 9.48 Å². The topological polar surface area (TPSA) is 44.1 Å². The van der Waals surface area contributed by atoms with Crippen LogP contribution in [0.1, 0.15) is 31.2 Å². The molecule has 0 N–H and O–H groups in total. The smallest absolute Gasteiger partial charge is 0.144 e. The average Bonchev–Trinajstić information content (AvgIpc) is 2.71. The Kier molecular flexibility index (Phi) is 3.94. The van der Waals surface area contributed by atoms with Crippen molar-refractivity contribution in [2.24, 2.45) is 13.0 Å². The molecular weight excluding hydrogens is 216 g/mol. The van der Waals surface area contributed by atoms with Crippen molar-refractivity contribution in [3.8, 4) is 0 Å². The van der Waals surface area contributed by atoms with Gasteiger partial charge in [0.05, 0.1) is 12.3 Å². The maximum atomic E-state index is 12.1. The van der Waals surface area contributed by atoms with Crippen LogP contribution < -0.4 is 0 Å². The van der Waals surface area contributed by atoms with Gasteiger partial charge in [-0.05, 0) is 25.3 Å². The van der Waals surface area contributed by atoms with E-state index in [2.05, 4.69) is 12.0 Å². The first-order valence-electron chi connectivity index (χ1n) is 6.33. The van der Waals surface area contributed by atoms with Crippen LogP contribution in [0.4, 0.5) is 0 Å². The molecule has 0 spiro atoms. The van der Waals surface area contributed by atoms with Crippen molar-refractivity contribution in [2.45, 2.75) is 32.6 Å². The molecule has 4 heteroatoms. The summed E-state index contributed by atoms with van der Waals surface area (Å²) in [7, 11) is 1.90. The third-order valence-electron chi connectivity index (χ3n) is 3.36. The Morgan fingerprint density at radius 1 is 1.65 bits per heavy atom. The second kappa shape index (κ2) is 5.45. The van der Waals surface area contributed by atoms with Gasteiger partial charge < -0.3 is 4.74 Å². The summed E-state index contributed by atoms with van der Waals surface area (Å²) in [6.07, 6.45) is 3.37. The van der Waals surface area contributed by atoms with E-state index in [1.54, 1.807) is 0 Å². The van der Waals surface area contributed by atoms with Crippen LogP contribution in [0.2, 0.25) is 0 Å². The Morgan fingerprint density at radius 2 is 2.47 bits per heavy atom. The zero-order valence-electron chi connectivity index (χ0n) is 10.6. The van der Waals surface area contributed by atoms with Crippen LogP contribution in [0.15, 0.2) is 6.07 Å². The molecule has 1 fully saturated rings. The van der Waals surface area contributed by atoms with Gasteiger partial charge in [0.1, 0.15) is 5.78 Å². The molecule has 1 aliphatic rings. The molecule has 1 unspecified atom stereocenters. The van der Waals surface area contributed by atoms with Crippen LogP contribution in [-0.2, 0) is 29.4 Å². The highest BCUT2D eigenvalue weighted by Crippen LogP contribution is 2.17. The number of hydrogen-bond acceptors (Lipinski definition) is 3. The van der Waals surface area contributed by atoms with Crippen LogP contribution in [0.3, 0.4) is 0 Å². The maximum Gasteiger partial charge on any atom is 0.144 e. The van der Waals surface area contributed by atoms with Crippen molar-refractivity contribution in [3.63, 3.8) is 0 Å². The molecule has 0 amide bonds. The van der Waals surface area contributed by atoms with E-state index in [1.165, 1.54) is 0 Å². The number of ether oxygens (including phenoxy) is 1. The van der Waals surface area contributed by atoms with Gasteiger partial charge in [-0.1, -0.05) is 6.92 Å². The Balaban J connectivity index is 1.99. The predicted octanol–water partition coefficient (Wildman–Crippen LogP) is 1.52. The maximum absolute atomic E-state index is 12.1. The lowest BCUT2D eigenvalue weighted by Gasteiger charge is -2.20. The summed E-state index contributed by atoms with van der Waals surface area (Å²) in [5, 5.41) is 4.36. The molecule has 2 rings (SSSR count). The zero-order chi connectivity index (χ0) is 12.3. The summed E-state index contributed by atoms with van der Waals surface area (Å²) in [6.45, 7) is 3.47. The number of rotatable bonds is 4. The molecule has 1 aromatic rings.